The number of sulfonamides is 1. The molecule has 0 N–H and O–H groups in total. The molecule has 1 atom stereocenters. The molecular weight excluding hydrogens is 461 g/mol. The van der Waals surface area contributed by atoms with Crippen LogP contribution in [0.15, 0.2) is 44.9 Å². The molecule has 7 nitrogen and oxygen atoms in total. The number of ether oxygens (including phenoxy) is 1. The molecule has 2 aromatic heterocycles. The molecule has 31 heavy (non-hydrogen) atoms. The van der Waals surface area contributed by atoms with E-state index < -0.39 is 22.0 Å². The summed E-state index contributed by atoms with van der Waals surface area (Å²) in [4.78, 5) is 17.8. The predicted octanol–water partition coefficient (Wildman–Crippen LogP) is 3.22. The molecule has 11 heteroatoms. The molecule has 3 heterocycles. The minimum atomic E-state index is -3.74. The summed E-state index contributed by atoms with van der Waals surface area (Å²) in [5, 5.41) is 1.70. The van der Waals surface area contributed by atoms with Crippen molar-refractivity contribution in [3.8, 4) is 0 Å². The third-order valence-electron chi connectivity index (χ3n) is 5.06. The van der Waals surface area contributed by atoms with E-state index in [2.05, 4.69) is 4.99 Å². The highest BCUT2D eigenvalue weighted by Crippen LogP contribution is 2.29. The van der Waals surface area contributed by atoms with Gasteiger partial charge >= 0.3 is 0 Å². The smallest absolute Gasteiger partial charge is 0.266 e. The number of hydrogen-bond donors (Lipinski definition) is 0. The first kappa shape index (κ1) is 22.3. The molecule has 0 radical (unpaired) electrons. The van der Waals surface area contributed by atoms with Gasteiger partial charge < -0.3 is 9.30 Å². The summed E-state index contributed by atoms with van der Waals surface area (Å²) in [6, 6.07) is 6.80. The number of thiophene rings is 1. The standard InChI is InChI=1S/C20H22FN3O4S3/c1-2-28-11-10-23-15-8-7-14(21)13-17(15)30-20(23)22-19(25)16-5-3-9-24(16)31(26,27)18-6-4-12-29-18/h4,6-8,12-13,16H,2-3,5,9-11H2,1H3. The molecule has 166 valence electrons. The highest BCUT2D eigenvalue weighted by molar-refractivity contribution is 7.91. The second-order valence-electron chi connectivity index (χ2n) is 7.00. The number of amides is 1. The van der Waals surface area contributed by atoms with Crippen LogP contribution in [0.25, 0.3) is 10.2 Å². The number of hydrogen-bond acceptors (Lipinski definition) is 6. The number of halogens is 1. The van der Waals surface area contributed by atoms with E-state index in [0.29, 0.717) is 42.1 Å². The summed E-state index contributed by atoms with van der Waals surface area (Å²) in [6.07, 6.45) is 1.02. The fraction of sp³-hybridized carbons (Fsp3) is 0.400. The second-order valence-corrected chi connectivity index (χ2v) is 11.1. The molecule has 1 amide bonds. The van der Waals surface area contributed by atoms with E-state index in [-0.39, 0.29) is 16.6 Å². The Morgan fingerprint density at radius 2 is 2.19 bits per heavy atom. The molecule has 0 aliphatic carbocycles. The molecule has 0 bridgehead atoms. The van der Waals surface area contributed by atoms with Crippen molar-refractivity contribution in [1.29, 1.82) is 0 Å². The molecule has 1 saturated heterocycles. The minimum absolute atomic E-state index is 0.219. The van der Waals surface area contributed by atoms with Crippen LogP contribution in [0.5, 0.6) is 0 Å². The van der Waals surface area contributed by atoms with Gasteiger partial charge in [0.15, 0.2) is 4.80 Å². The van der Waals surface area contributed by atoms with Gasteiger partial charge in [0.25, 0.3) is 15.9 Å². The molecule has 3 aromatic rings. The van der Waals surface area contributed by atoms with Crippen molar-refractivity contribution in [3.63, 3.8) is 0 Å². The maximum absolute atomic E-state index is 13.7. The van der Waals surface area contributed by atoms with Crippen LogP contribution in [0.1, 0.15) is 19.8 Å². The van der Waals surface area contributed by atoms with Gasteiger partial charge in [0, 0.05) is 19.7 Å². The lowest BCUT2D eigenvalue weighted by atomic mass is 10.2. The lowest BCUT2D eigenvalue weighted by Crippen LogP contribution is -2.40. The second kappa shape index (κ2) is 9.29. The van der Waals surface area contributed by atoms with Crippen molar-refractivity contribution in [2.24, 2.45) is 4.99 Å². The molecule has 0 spiro atoms. The monoisotopic (exact) mass is 483 g/mol. The first-order valence-corrected chi connectivity index (χ1v) is 13.1. The zero-order valence-electron chi connectivity index (χ0n) is 16.9. The average molecular weight is 484 g/mol. The third kappa shape index (κ3) is 4.51. The van der Waals surface area contributed by atoms with Crippen LogP contribution in [0, 0.1) is 5.82 Å². The molecule has 0 saturated carbocycles. The summed E-state index contributed by atoms with van der Waals surface area (Å²) >= 11 is 2.33. The van der Waals surface area contributed by atoms with Crippen LogP contribution < -0.4 is 4.80 Å². The molecule has 1 fully saturated rings. The number of benzene rings is 1. The van der Waals surface area contributed by atoms with Gasteiger partial charge in [-0.25, -0.2) is 12.8 Å². The van der Waals surface area contributed by atoms with Gasteiger partial charge in [0.05, 0.1) is 16.8 Å². The number of aromatic nitrogens is 1. The largest absolute Gasteiger partial charge is 0.380 e. The van der Waals surface area contributed by atoms with Crippen LogP contribution in [-0.4, -0.2) is 49.0 Å². The van der Waals surface area contributed by atoms with Gasteiger partial charge in [-0.2, -0.15) is 9.30 Å². The maximum Gasteiger partial charge on any atom is 0.266 e. The first-order valence-electron chi connectivity index (χ1n) is 9.92. The Bertz CT molecular complexity index is 1250. The lowest BCUT2D eigenvalue weighted by Gasteiger charge is -2.20. The van der Waals surface area contributed by atoms with Gasteiger partial charge in [-0.05, 0) is 49.4 Å². The Kier molecular flexibility index (Phi) is 6.68. The molecule has 1 aromatic carbocycles. The van der Waals surface area contributed by atoms with Crippen LogP contribution in [0.2, 0.25) is 0 Å². The number of nitrogens with zero attached hydrogens (tertiary/aromatic N) is 3. The van der Waals surface area contributed by atoms with Gasteiger partial charge in [-0.15, -0.1) is 11.3 Å². The highest BCUT2D eigenvalue weighted by Gasteiger charge is 2.39. The maximum atomic E-state index is 13.7. The van der Waals surface area contributed by atoms with Crippen molar-refractivity contribution >= 4 is 48.8 Å². The zero-order valence-corrected chi connectivity index (χ0v) is 19.3. The Labute approximate surface area is 187 Å². The van der Waals surface area contributed by atoms with Crippen LogP contribution in [0.4, 0.5) is 4.39 Å². The van der Waals surface area contributed by atoms with E-state index >= 15 is 0 Å². The van der Waals surface area contributed by atoms with Crippen molar-refractivity contribution in [2.75, 3.05) is 19.8 Å². The van der Waals surface area contributed by atoms with Crippen molar-refractivity contribution in [2.45, 2.75) is 36.6 Å². The summed E-state index contributed by atoms with van der Waals surface area (Å²) in [5.74, 6) is -0.873. The topological polar surface area (TPSA) is 81.0 Å². The van der Waals surface area contributed by atoms with E-state index in [4.69, 9.17) is 4.74 Å². The number of thiazole rings is 1. The first-order chi connectivity index (χ1) is 14.9. The summed E-state index contributed by atoms with van der Waals surface area (Å²) in [7, 11) is -3.74. The van der Waals surface area contributed by atoms with Crippen LogP contribution in [0.3, 0.4) is 0 Å². The highest BCUT2D eigenvalue weighted by atomic mass is 32.2. The molecule has 1 unspecified atom stereocenters. The summed E-state index contributed by atoms with van der Waals surface area (Å²) in [6.45, 7) is 3.61. The Morgan fingerprint density at radius 3 is 2.94 bits per heavy atom. The van der Waals surface area contributed by atoms with Crippen molar-refractivity contribution < 1.29 is 22.3 Å². The van der Waals surface area contributed by atoms with E-state index in [1.807, 2.05) is 11.5 Å². The molecule has 1 aliphatic rings. The fourth-order valence-corrected chi connectivity index (χ4v) is 7.47. The van der Waals surface area contributed by atoms with Crippen LogP contribution in [-0.2, 0) is 26.1 Å². The lowest BCUT2D eigenvalue weighted by molar-refractivity contribution is -0.121. The number of fused-ring (bicyclic) bond motifs is 1. The molecule has 1 aliphatic heterocycles. The van der Waals surface area contributed by atoms with Gasteiger partial charge in [-0.3, -0.25) is 4.79 Å². The van der Waals surface area contributed by atoms with E-state index in [9.17, 15) is 17.6 Å². The normalized spacial score (nSPS) is 18.3. The zero-order chi connectivity index (χ0) is 22.0. The van der Waals surface area contributed by atoms with Crippen LogP contribution >= 0.6 is 22.7 Å². The van der Waals surface area contributed by atoms with E-state index in [0.717, 1.165) is 16.9 Å². The van der Waals surface area contributed by atoms with Gasteiger partial charge in [0.1, 0.15) is 16.1 Å². The fourth-order valence-electron chi connectivity index (χ4n) is 3.62. The SMILES string of the molecule is CCOCCn1c(=NC(=O)C2CCCN2S(=O)(=O)c2cccs2)sc2cc(F)ccc21. The quantitative estimate of drug-likeness (QED) is 0.483. The summed E-state index contributed by atoms with van der Waals surface area (Å²) < 4.78 is 49.0. The van der Waals surface area contributed by atoms with Crippen molar-refractivity contribution in [1.82, 2.24) is 8.87 Å². The Balaban J connectivity index is 1.70. The minimum Gasteiger partial charge on any atom is -0.380 e. The number of carbonyl (C=O) groups excluding carboxylic acids is 1. The van der Waals surface area contributed by atoms with Crippen molar-refractivity contribution in [3.05, 3.63) is 46.3 Å². The third-order valence-corrected chi connectivity index (χ3v) is 9.38. The van der Waals surface area contributed by atoms with E-state index in [1.54, 1.807) is 23.6 Å². The predicted molar refractivity (Wildman–Crippen MR) is 118 cm³/mol. The summed E-state index contributed by atoms with van der Waals surface area (Å²) in [5.41, 5.74) is 0.757. The molecular formula is C20H22FN3O4S3. The number of carbonyl (C=O) groups is 1. The Morgan fingerprint density at radius 1 is 1.35 bits per heavy atom. The number of rotatable bonds is 7. The van der Waals surface area contributed by atoms with E-state index in [1.165, 1.54) is 27.8 Å². The Hall–Kier alpha value is -1.92. The van der Waals surface area contributed by atoms with Gasteiger partial charge in [-0.1, -0.05) is 17.4 Å². The molecule has 4 rings (SSSR count). The van der Waals surface area contributed by atoms with Gasteiger partial charge in [0.2, 0.25) is 0 Å². The average Bonchev–Trinajstić information content (AvgIpc) is 3.48.